The highest BCUT2D eigenvalue weighted by Crippen LogP contribution is 2.29. The van der Waals surface area contributed by atoms with E-state index in [4.69, 9.17) is 14.2 Å². The first-order valence-electron chi connectivity index (χ1n) is 8.54. The second-order valence-electron chi connectivity index (χ2n) is 5.61. The van der Waals surface area contributed by atoms with E-state index in [1.807, 2.05) is 0 Å². The van der Waals surface area contributed by atoms with Crippen LogP contribution in [0.5, 0.6) is 17.2 Å². The van der Waals surface area contributed by atoms with Gasteiger partial charge < -0.3 is 19.5 Å². The summed E-state index contributed by atoms with van der Waals surface area (Å²) in [7, 11) is 4.63. The SMILES string of the molecule is COc1ccc(C(=O)NCCC(=O)NN=Cc2cccc(OC)c2OC)cc1. The zero-order valence-corrected chi connectivity index (χ0v) is 16.0. The molecule has 2 aromatic rings. The molecule has 0 spiro atoms. The van der Waals surface area contributed by atoms with E-state index in [2.05, 4.69) is 15.8 Å². The largest absolute Gasteiger partial charge is 0.497 e. The van der Waals surface area contributed by atoms with Crippen LogP contribution >= 0.6 is 0 Å². The van der Waals surface area contributed by atoms with Crippen molar-refractivity contribution in [1.82, 2.24) is 10.7 Å². The van der Waals surface area contributed by atoms with E-state index in [1.54, 1.807) is 56.7 Å². The van der Waals surface area contributed by atoms with E-state index < -0.39 is 0 Å². The zero-order chi connectivity index (χ0) is 20.4. The van der Waals surface area contributed by atoms with E-state index in [0.29, 0.717) is 28.4 Å². The van der Waals surface area contributed by atoms with Crippen molar-refractivity contribution in [1.29, 1.82) is 0 Å². The lowest BCUT2D eigenvalue weighted by Crippen LogP contribution is -2.29. The molecule has 0 aliphatic carbocycles. The van der Waals surface area contributed by atoms with Gasteiger partial charge >= 0.3 is 0 Å². The predicted molar refractivity (Wildman–Crippen MR) is 105 cm³/mol. The Hall–Kier alpha value is -3.55. The monoisotopic (exact) mass is 385 g/mol. The molecule has 28 heavy (non-hydrogen) atoms. The van der Waals surface area contributed by atoms with Gasteiger partial charge in [0.1, 0.15) is 5.75 Å². The highest BCUT2D eigenvalue weighted by molar-refractivity contribution is 5.94. The fourth-order valence-electron chi connectivity index (χ4n) is 2.38. The topological polar surface area (TPSA) is 98.2 Å². The molecule has 0 aromatic heterocycles. The van der Waals surface area contributed by atoms with Crippen molar-refractivity contribution in [2.24, 2.45) is 5.10 Å². The van der Waals surface area contributed by atoms with Gasteiger partial charge in [-0.25, -0.2) is 5.43 Å². The van der Waals surface area contributed by atoms with Crippen LogP contribution in [-0.4, -0.2) is 45.9 Å². The van der Waals surface area contributed by atoms with Crippen LogP contribution in [0.4, 0.5) is 0 Å². The first-order chi connectivity index (χ1) is 13.6. The summed E-state index contributed by atoms with van der Waals surface area (Å²) in [6, 6.07) is 12.0. The Labute approximate surface area is 163 Å². The molecule has 8 nitrogen and oxygen atoms in total. The number of nitrogens with one attached hydrogen (secondary N) is 2. The molecule has 2 aromatic carbocycles. The Kier molecular flexibility index (Phi) is 7.83. The maximum Gasteiger partial charge on any atom is 0.251 e. The van der Waals surface area contributed by atoms with Crippen molar-refractivity contribution in [3.63, 3.8) is 0 Å². The molecule has 0 bridgehead atoms. The molecule has 0 radical (unpaired) electrons. The van der Waals surface area contributed by atoms with Crippen LogP contribution in [0.2, 0.25) is 0 Å². The molecule has 0 aliphatic heterocycles. The first kappa shape index (κ1) is 20.8. The number of methoxy groups -OCH3 is 3. The number of amides is 2. The number of ether oxygens (including phenoxy) is 3. The fraction of sp³-hybridized carbons (Fsp3) is 0.250. The number of carbonyl (C=O) groups excluding carboxylic acids is 2. The molecule has 2 amide bonds. The predicted octanol–water partition coefficient (Wildman–Crippen LogP) is 1.98. The quantitative estimate of drug-likeness (QED) is 0.508. The van der Waals surface area contributed by atoms with Crippen LogP contribution in [0.15, 0.2) is 47.6 Å². The molecule has 2 N–H and O–H groups in total. The number of hydrazone groups is 1. The zero-order valence-electron chi connectivity index (χ0n) is 16.0. The molecule has 2 rings (SSSR count). The minimum Gasteiger partial charge on any atom is -0.497 e. The van der Waals surface area contributed by atoms with Gasteiger partial charge in [-0.15, -0.1) is 0 Å². The number of carbonyl (C=O) groups is 2. The normalized spacial score (nSPS) is 10.4. The molecule has 0 fully saturated rings. The Morgan fingerprint density at radius 1 is 1.00 bits per heavy atom. The lowest BCUT2D eigenvalue weighted by Gasteiger charge is -2.09. The Morgan fingerprint density at radius 3 is 2.39 bits per heavy atom. The third-order valence-corrected chi connectivity index (χ3v) is 3.82. The number of rotatable bonds is 9. The summed E-state index contributed by atoms with van der Waals surface area (Å²) in [6.45, 7) is 0.189. The summed E-state index contributed by atoms with van der Waals surface area (Å²) in [4.78, 5) is 23.9. The molecule has 0 saturated heterocycles. The van der Waals surface area contributed by atoms with Crippen molar-refractivity contribution >= 4 is 18.0 Å². The fourth-order valence-corrected chi connectivity index (χ4v) is 2.38. The van der Waals surface area contributed by atoms with Crippen molar-refractivity contribution < 1.29 is 23.8 Å². The average Bonchev–Trinajstić information content (AvgIpc) is 2.73. The van der Waals surface area contributed by atoms with Gasteiger partial charge in [-0.2, -0.15) is 5.10 Å². The highest BCUT2D eigenvalue weighted by Gasteiger charge is 2.08. The second kappa shape index (κ2) is 10.6. The van der Waals surface area contributed by atoms with Crippen LogP contribution in [0.25, 0.3) is 0 Å². The minimum atomic E-state index is -0.326. The summed E-state index contributed by atoms with van der Waals surface area (Å²) < 4.78 is 15.5. The molecule has 8 heteroatoms. The van der Waals surface area contributed by atoms with E-state index in [9.17, 15) is 9.59 Å². The number of para-hydroxylation sites is 1. The van der Waals surface area contributed by atoms with Crippen molar-refractivity contribution in [3.8, 4) is 17.2 Å². The molecule has 0 heterocycles. The number of nitrogens with zero attached hydrogens (tertiary/aromatic N) is 1. The number of hydrogen-bond donors (Lipinski definition) is 2. The van der Waals surface area contributed by atoms with E-state index in [-0.39, 0.29) is 24.8 Å². The summed E-state index contributed by atoms with van der Waals surface area (Å²) in [6.07, 6.45) is 1.56. The van der Waals surface area contributed by atoms with E-state index in [1.165, 1.54) is 13.3 Å². The molecule has 0 unspecified atom stereocenters. The first-order valence-corrected chi connectivity index (χ1v) is 8.54. The van der Waals surface area contributed by atoms with Gasteiger partial charge in [0.25, 0.3) is 5.91 Å². The van der Waals surface area contributed by atoms with Gasteiger partial charge in [-0.05, 0) is 36.4 Å². The third-order valence-electron chi connectivity index (χ3n) is 3.82. The van der Waals surface area contributed by atoms with E-state index >= 15 is 0 Å². The van der Waals surface area contributed by atoms with Crippen LogP contribution in [-0.2, 0) is 4.79 Å². The molecular weight excluding hydrogens is 362 g/mol. The van der Waals surface area contributed by atoms with Gasteiger partial charge in [0.2, 0.25) is 5.91 Å². The second-order valence-corrected chi connectivity index (χ2v) is 5.61. The summed E-state index contributed by atoms with van der Waals surface area (Å²) in [5, 5.41) is 6.59. The maximum atomic E-state index is 12.0. The molecule has 0 atom stereocenters. The lowest BCUT2D eigenvalue weighted by atomic mass is 10.2. The van der Waals surface area contributed by atoms with Crippen LogP contribution in [0.3, 0.4) is 0 Å². The summed E-state index contributed by atoms with van der Waals surface area (Å²) >= 11 is 0. The van der Waals surface area contributed by atoms with Gasteiger partial charge in [-0.3, -0.25) is 9.59 Å². The molecule has 148 valence electrons. The van der Waals surface area contributed by atoms with Crippen molar-refractivity contribution in [2.75, 3.05) is 27.9 Å². The maximum absolute atomic E-state index is 12.0. The third kappa shape index (κ3) is 5.73. The van der Waals surface area contributed by atoms with Gasteiger partial charge in [0.15, 0.2) is 11.5 Å². The smallest absolute Gasteiger partial charge is 0.251 e. The Morgan fingerprint density at radius 2 is 1.75 bits per heavy atom. The van der Waals surface area contributed by atoms with Gasteiger partial charge in [-0.1, -0.05) is 6.07 Å². The minimum absolute atomic E-state index is 0.0917. The standard InChI is InChI=1S/C20H23N3O5/c1-26-16-9-7-14(8-10-16)20(25)21-12-11-18(24)23-22-13-15-5-4-6-17(27-2)19(15)28-3/h4-10,13H,11-12H2,1-3H3,(H,21,25)(H,23,24). The Bertz CT molecular complexity index is 834. The summed E-state index contributed by atoms with van der Waals surface area (Å²) in [5.41, 5.74) is 3.57. The highest BCUT2D eigenvalue weighted by atomic mass is 16.5. The van der Waals surface area contributed by atoms with Crippen molar-refractivity contribution in [3.05, 3.63) is 53.6 Å². The average molecular weight is 385 g/mol. The van der Waals surface area contributed by atoms with Crippen LogP contribution in [0.1, 0.15) is 22.3 Å². The lowest BCUT2D eigenvalue weighted by molar-refractivity contribution is -0.120. The molecule has 0 saturated carbocycles. The van der Waals surface area contributed by atoms with Crippen LogP contribution in [0, 0.1) is 0 Å². The molecular formula is C20H23N3O5. The Balaban J connectivity index is 1.80. The number of hydrogen-bond acceptors (Lipinski definition) is 6. The van der Waals surface area contributed by atoms with Crippen LogP contribution < -0.4 is 25.0 Å². The number of benzene rings is 2. The van der Waals surface area contributed by atoms with E-state index in [0.717, 1.165) is 0 Å². The van der Waals surface area contributed by atoms with Gasteiger partial charge in [0.05, 0.1) is 27.5 Å². The summed E-state index contributed by atoms with van der Waals surface area (Å²) in [5.74, 6) is 1.17. The molecule has 0 aliphatic rings. The van der Waals surface area contributed by atoms with Crippen molar-refractivity contribution in [2.45, 2.75) is 6.42 Å². The van der Waals surface area contributed by atoms with Gasteiger partial charge in [0, 0.05) is 24.1 Å².